The van der Waals surface area contributed by atoms with Crippen molar-refractivity contribution in [1.82, 2.24) is 0 Å². The number of rotatable bonds is 16. The van der Waals surface area contributed by atoms with Crippen molar-refractivity contribution < 1.29 is 47.7 Å². The molecule has 2 unspecified atom stereocenters. The summed E-state index contributed by atoms with van der Waals surface area (Å²) in [7, 11) is 0. The van der Waals surface area contributed by atoms with E-state index in [4.69, 9.17) is 23.7 Å². The van der Waals surface area contributed by atoms with Crippen LogP contribution in [0.4, 0.5) is 0 Å². The lowest BCUT2D eigenvalue weighted by Crippen LogP contribution is -2.38. The van der Waals surface area contributed by atoms with Crippen molar-refractivity contribution >= 4 is 29.8 Å². The Kier molecular flexibility index (Phi) is 58.0. The zero-order chi connectivity index (χ0) is 63.9. The lowest BCUT2D eigenvalue weighted by Gasteiger charge is -2.36. The third kappa shape index (κ3) is 39.5. The van der Waals surface area contributed by atoms with Gasteiger partial charge in [-0.3, -0.25) is 24.0 Å². The Morgan fingerprint density at radius 2 is 0.511 bits per heavy atom. The normalized spacial score (nSPS) is 20.4. The second-order valence-electron chi connectivity index (χ2n) is 30.9. The quantitative estimate of drug-likeness (QED) is 0.109. The maximum absolute atomic E-state index is 12.4. The Bertz CT molecular complexity index is 1840. The highest BCUT2D eigenvalue weighted by Gasteiger charge is 2.41. The van der Waals surface area contributed by atoms with Gasteiger partial charge in [-0.05, 0) is 256 Å². The minimum absolute atomic E-state index is 0. The molecular weight excluding hydrogens is 1140 g/mol. The van der Waals surface area contributed by atoms with Gasteiger partial charge in [-0.2, -0.15) is 0 Å². The Balaban J connectivity index is -0.000000158. The fraction of sp³-hybridized carbons (Fsp3) is 0.939. The van der Waals surface area contributed by atoms with Crippen LogP contribution in [-0.4, -0.2) is 58.4 Å². The molecule has 0 aromatic heterocycles. The number of hydrogen-bond donors (Lipinski definition) is 0. The van der Waals surface area contributed by atoms with Crippen LogP contribution in [0.5, 0.6) is 0 Å². The summed E-state index contributed by atoms with van der Waals surface area (Å²) in [5.74, 6) is 0.394. The second-order valence-corrected chi connectivity index (χ2v) is 30.9. The van der Waals surface area contributed by atoms with E-state index in [1.807, 2.05) is 90.0 Å². The van der Waals surface area contributed by atoms with E-state index in [0.29, 0.717) is 5.92 Å². The molecule has 2 atom stereocenters. The molecule has 5 rings (SSSR count). The van der Waals surface area contributed by atoms with Crippen LogP contribution in [0.25, 0.3) is 0 Å². The van der Waals surface area contributed by atoms with E-state index in [0.717, 1.165) is 96.3 Å². The summed E-state index contributed by atoms with van der Waals surface area (Å²) in [5, 5.41) is 0. The summed E-state index contributed by atoms with van der Waals surface area (Å²) < 4.78 is 28.9. The summed E-state index contributed by atoms with van der Waals surface area (Å²) in [5.41, 5.74) is -2.43. The van der Waals surface area contributed by atoms with Crippen LogP contribution in [0.2, 0.25) is 0 Å². The number of carbonyl (C=O) groups is 5. The summed E-state index contributed by atoms with van der Waals surface area (Å²) in [4.78, 5) is 60.4. The van der Waals surface area contributed by atoms with Gasteiger partial charge in [0.15, 0.2) is 0 Å². The van der Waals surface area contributed by atoms with E-state index in [1.54, 1.807) is 0 Å². The average molecular weight is 1320 g/mol. The summed E-state index contributed by atoms with van der Waals surface area (Å²) >= 11 is 0. The van der Waals surface area contributed by atoms with Gasteiger partial charge in [0.2, 0.25) is 0 Å². The van der Waals surface area contributed by atoms with E-state index >= 15 is 0 Å². The van der Waals surface area contributed by atoms with Crippen molar-refractivity contribution in [3.05, 3.63) is 0 Å². The molecule has 0 aliphatic heterocycles. The van der Waals surface area contributed by atoms with Gasteiger partial charge in [0.25, 0.3) is 0 Å². The van der Waals surface area contributed by atoms with Gasteiger partial charge < -0.3 is 23.7 Å². The van der Waals surface area contributed by atoms with Gasteiger partial charge in [0, 0.05) is 0 Å². The highest BCUT2D eigenvalue weighted by atomic mass is 16.6. The van der Waals surface area contributed by atoms with Crippen LogP contribution in [0.1, 0.15) is 442 Å². The first-order valence-corrected chi connectivity index (χ1v) is 35.3. The van der Waals surface area contributed by atoms with Crippen LogP contribution in [0.15, 0.2) is 0 Å². The Labute approximate surface area is 578 Å². The molecule has 0 heterocycles. The molecule has 92 heavy (non-hydrogen) atoms. The smallest absolute Gasteiger partial charge is 0.312 e. The van der Waals surface area contributed by atoms with Gasteiger partial charge in [-0.1, -0.05) is 191 Å². The molecule has 5 saturated carbocycles. The zero-order valence-corrected chi connectivity index (χ0v) is 59.1. The van der Waals surface area contributed by atoms with Crippen molar-refractivity contribution in [2.24, 2.45) is 33.0 Å². The summed E-state index contributed by atoms with van der Waals surface area (Å²) in [6, 6.07) is 0. The van der Waals surface area contributed by atoms with Gasteiger partial charge in [-0.15, -0.1) is 0 Å². The molecule has 10 nitrogen and oxygen atoms in total. The second kappa shape index (κ2) is 50.7. The Hall–Kier alpha value is -2.65. The lowest BCUT2D eigenvalue weighted by atomic mass is 9.85. The van der Waals surface area contributed by atoms with Crippen LogP contribution in [0, 0.1) is 33.0 Å². The molecule has 0 spiro atoms. The lowest BCUT2D eigenvalue weighted by molar-refractivity contribution is -0.172. The van der Waals surface area contributed by atoms with Gasteiger partial charge >= 0.3 is 29.8 Å². The molecule has 0 bridgehead atoms. The number of carbonyl (C=O) groups excluding carboxylic acids is 5. The molecule has 558 valence electrons. The average Bonchev–Trinajstić information content (AvgIpc) is 1.94. The first kappa shape index (κ1) is 105. The third-order valence-corrected chi connectivity index (χ3v) is 20.9. The van der Waals surface area contributed by atoms with Crippen molar-refractivity contribution in [1.29, 1.82) is 0 Å². The van der Waals surface area contributed by atoms with E-state index < -0.39 is 0 Å². The minimum Gasteiger partial charge on any atom is -0.462 e. The van der Waals surface area contributed by atoms with E-state index in [2.05, 4.69) is 48.5 Å². The predicted molar refractivity (Wildman–Crippen MR) is 404 cm³/mol. The first-order valence-electron chi connectivity index (χ1n) is 35.3. The molecule has 10 heteroatoms. The van der Waals surface area contributed by atoms with Gasteiger partial charge in [0.1, 0.15) is 28.5 Å². The van der Waals surface area contributed by atoms with Gasteiger partial charge in [0.05, 0.1) is 27.1 Å². The molecule has 5 aliphatic rings. The van der Waals surface area contributed by atoms with Crippen molar-refractivity contribution in [2.75, 3.05) is 0 Å². The number of ether oxygens (including phenoxy) is 5. The number of hydrogen-bond acceptors (Lipinski definition) is 10. The first-order chi connectivity index (χ1) is 39.1. The fourth-order valence-corrected chi connectivity index (χ4v) is 11.2. The largest absolute Gasteiger partial charge is 0.462 e. The standard InChI is InChI=1S/C19H36O2.C17H32O2.2C13H24O2.C12H22O2.8CH4/c1-5-18(2,3)17(20)21-19(4)15-13-11-9-7-6-8-10-12-14-16-19;1-5-17(3,4)16(18)19-15-13-11-9-7-6-8-10-12-14(15)2;1-5-12(2,3)11(14)15-13(4)9-7-6-8-10-13;1-5-12(3,4)11(14)15-13(6-2)9-7-8-10-13;1-5-11(2,3)10(13)14-12(4)8-6-7-9-12;;;;;;;;/h5-16H2,1-4H3;14-15H,5-13H2,1-4H3;2*5-10H2,1-4H3;5-9H2,1-4H3;8*1H4. The molecule has 0 radical (unpaired) electrons. The molecule has 0 amide bonds. The van der Waals surface area contributed by atoms with E-state index in [1.165, 1.54) is 148 Å². The summed E-state index contributed by atoms with van der Waals surface area (Å²) in [6.45, 7) is 40.6. The summed E-state index contributed by atoms with van der Waals surface area (Å²) in [6.07, 6.45) is 43.8. The highest BCUT2D eigenvalue weighted by Crippen LogP contribution is 2.40. The zero-order valence-electron chi connectivity index (χ0n) is 59.1. The SMILES string of the molecule is C.C.C.C.C.C.C.C.CCC(C)(C)C(=O)OC1(C)CCCC1.CCC(C)(C)C(=O)OC1(C)CCCCC1.CCC(C)(C)C(=O)OC1(C)CCCCCCCCCCC1.CCC(C)(C)C(=O)OC1CCCCCCCCC1C.CCC1(OC(=O)C(C)(C)CC)CCCC1. The van der Waals surface area contributed by atoms with Crippen LogP contribution in [0.3, 0.4) is 0 Å². The van der Waals surface area contributed by atoms with Crippen LogP contribution < -0.4 is 0 Å². The third-order valence-electron chi connectivity index (χ3n) is 20.9. The maximum Gasteiger partial charge on any atom is 0.312 e. The fourth-order valence-electron chi connectivity index (χ4n) is 11.2. The minimum atomic E-state index is -0.354. The topological polar surface area (TPSA) is 132 Å². The Morgan fingerprint density at radius 3 is 0.783 bits per heavy atom. The number of esters is 5. The maximum atomic E-state index is 12.4. The van der Waals surface area contributed by atoms with Crippen LogP contribution in [-0.2, 0) is 47.7 Å². The molecule has 0 aromatic rings. The molecule has 0 aromatic carbocycles. The van der Waals surface area contributed by atoms with Crippen LogP contribution >= 0.6 is 0 Å². The molecule has 5 fully saturated rings. The Morgan fingerprint density at radius 1 is 0.304 bits per heavy atom. The molecule has 0 N–H and O–H groups in total. The predicted octanol–water partition coefficient (Wildman–Crippen LogP) is 26.9. The monoisotopic (exact) mass is 1320 g/mol. The molecule has 5 aliphatic carbocycles. The van der Waals surface area contributed by atoms with Crippen molar-refractivity contribution in [3.63, 3.8) is 0 Å². The van der Waals surface area contributed by atoms with Crippen molar-refractivity contribution in [3.8, 4) is 0 Å². The molecule has 0 saturated heterocycles. The highest BCUT2D eigenvalue weighted by molar-refractivity contribution is 5.78. The van der Waals surface area contributed by atoms with Crippen molar-refractivity contribution in [2.45, 2.75) is 470 Å². The van der Waals surface area contributed by atoms with Gasteiger partial charge in [-0.25, -0.2) is 0 Å². The molecular formula is C82H170O10. The van der Waals surface area contributed by atoms with E-state index in [-0.39, 0.29) is 145 Å². The van der Waals surface area contributed by atoms with E-state index in [9.17, 15) is 24.0 Å².